The summed E-state index contributed by atoms with van der Waals surface area (Å²) >= 11 is 0. The number of anilines is 1. The molecule has 2 heterocycles. The molecule has 1 N–H and O–H groups in total. The molecule has 182 valence electrons. The van der Waals surface area contributed by atoms with Gasteiger partial charge in [0.15, 0.2) is 11.5 Å². The molecule has 4 aromatic rings. The quantitative estimate of drug-likeness (QED) is 0.411. The first-order chi connectivity index (χ1) is 17.5. The number of fused-ring (bicyclic) bond motifs is 1. The predicted octanol–water partition coefficient (Wildman–Crippen LogP) is 4.76. The number of aromatic nitrogens is 2. The molecule has 1 aromatic heterocycles. The fraction of sp³-hybridized carbons (Fsp3) is 0.179. The van der Waals surface area contributed by atoms with Gasteiger partial charge in [0.05, 0.1) is 5.69 Å². The number of amides is 2. The molecule has 1 aliphatic heterocycles. The molecule has 1 aliphatic rings. The van der Waals surface area contributed by atoms with E-state index in [1.54, 1.807) is 18.2 Å². The molecule has 5 rings (SSSR count). The maximum atomic E-state index is 13.3. The van der Waals surface area contributed by atoms with E-state index in [1.165, 1.54) is 4.90 Å². The number of nitrogens with zero attached hydrogens (tertiary/aromatic N) is 3. The van der Waals surface area contributed by atoms with Crippen LogP contribution in [0, 0.1) is 0 Å². The van der Waals surface area contributed by atoms with Gasteiger partial charge < -0.3 is 14.4 Å². The second-order valence-electron chi connectivity index (χ2n) is 8.66. The van der Waals surface area contributed by atoms with Gasteiger partial charge in [-0.2, -0.15) is 0 Å². The molecule has 0 atom stereocenters. The Labute approximate surface area is 209 Å². The van der Waals surface area contributed by atoms with Crippen LogP contribution in [0.4, 0.5) is 5.95 Å². The van der Waals surface area contributed by atoms with Crippen LogP contribution in [-0.4, -0.2) is 45.6 Å². The molecule has 0 saturated heterocycles. The van der Waals surface area contributed by atoms with Gasteiger partial charge in [-0.15, -0.1) is 0 Å². The Bertz CT molecular complexity index is 1380. The highest BCUT2D eigenvalue weighted by Crippen LogP contribution is 2.33. The largest absolute Gasteiger partial charge is 0.454 e. The van der Waals surface area contributed by atoms with Crippen molar-refractivity contribution < 1.29 is 19.1 Å². The summed E-state index contributed by atoms with van der Waals surface area (Å²) in [6, 6.07) is 24.2. The fourth-order valence-corrected chi connectivity index (χ4v) is 4.01. The third-order valence-electron chi connectivity index (χ3n) is 5.88. The Morgan fingerprint density at radius 2 is 1.67 bits per heavy atom. The van der Waals surface area contributed by atoms with Gasteiger partial charge >= 0.3 is 0 Å². The number of nitrogens with one attached hydrogen (secondary N) is 1. The third-order valence-corrected chi connectivity index (χ3v) is 5.88. The van der Waals surface area contributed by atoms with Gasteiger partial charge in [-0.05, 0) is 44.2 Å². The second-order valence-corrected chi connectivity index (χ2v) is 8.66. The Hall–Kier alpha value is -4.59. The highest BCUT2D eigenvalue weighted by molar-refractivity contribution is 5.99. The molecule has 2 amide bonds. The van der Waals surface area contributed by atoms with Crippen molar-refractivity contribution in [3.63, 3.8) is 0 Å². The van der Waals surface area contributed by atoms with Gasteiger partial charge in [-0.1, -0.05) is 48.5 Å². The Kier molecular flexibility index (Phi) is 6.40. The summed E-state index contributed by atoms with van der Waals surface area (Å²) in [5.74, 6) is 0.883. The number of ether oxygens (including phenoxy) is 2. The summed E-state index contributed by atoms with van der Waals surface area (Å²) < 4.78 is 12.6. The van der Waals surface area contributed by atoms with Crippen LogP contribution in [0.3, 0.4) is 0 Å². The first kappa shape index (κ1) is 23.2. The van der Waals surface area contributed by atoms with Crippen LogP contribution in [0.2, 0.25) is 0 Å². The Balaban J connectivity index is 1.39. The summed E-state index contributed by atoms with van der Waals surface area (Å²) in [4.78, 5) is 32.7. The highest BCUT2D eigenvalue weighted by atomic mass is 16.7. The zero-order valence-electron chi connectivity index (χ0n) is 20.0. The van der Waals surface area contributed by atoms with Crippen LogP contribution in [0.1, 0.15) is 24.2 Å². The van der Waals surface area contributed by atoms with Crippen molar-refractivity contribution in [2.45, 2.75) is 19.9 Å². The molecule has 8 nitrogen and oxygen atoms in total. The van der Waals surface area contributed by atoms with Gasteiger partial charge in [-0.25, -0.2) is 4.98 Å². The summed E-state index contributed by atoms with van der Waals surface area (Å²) in [7, 11) is 0. The second kappa shape index (κ2) is 9.95. The first-order valence-electron chi connectivity index (χ1n) is 11.7. The highest BCUT2D eigenvalue weighted by Gasteiger charge is 2.25. The smallest absolute Gasteiger partial charge is 0.254 e. The summed E-state index contributed by atoms with van der Waals surface area (Å²) in [5, 5.41) is 2.91. The minimum Gasteiger partial charge on any atom is -0.454 e. The van der Waals surface area contributed by atoms with Crippen LogP contribution in [0.5, 0.6) is 11.5 Å². The van der Waals surface area contributed by atoms with Crippen LogP contribution in [0.15, 0.2) is 85.1 Å². The third kappa shape index (κ3) is 4.79. The van der Waals surface area contributed by atoms with Crippen LogP contribution in [-0.2, 0) is 4.79 Å². The lowest BCUT2D eigenvalue weighted by Gasteiger charge is -2.26. The number of carbonyl (C=O) groups is 2. The van der Waals surface area contributed by atoms with E-state index in [1.807, 2.05) is 85.3 Å². The molecule has 0 saturated carbocycles. The lowest BCUT2D eigenvalue weighted by molar-refractivity contribution is -0.117. The van der Waals surface area contributed by atoms with E-state index in [9.17, 15) is 9.59 Å². The Morgan fingerprint density at radius 1 is 0.972 bits per heavy atom. The number of benzene rings is 3. The van der Waals surface area contributed by atoms with Gasteiger partial charge in [-0.3, -0.25) is 19.5 Å². The number of imidazole rings is 1. The van der Waals surface area contributed by atoms with E-state index in [-0.39, 0.29) is 31.2 Å². The maximum absolute atomic E-state index is 13.3. The maximum Gasteiger partial charge on any atom is 0.254 e. The fourth-order valence-electron chi connectivity index (χ4n) is 4.01. The van der Waals surface area contributed by atoms with Crippen molar-refractivity contribution in [3.05, 3.63) is 90.6 Å². The van der Waals surface area contributed by atoms with Crippen molar-refractivity contribution >= 4 is 17.8 Å². The molecule has 0 unspecified atom stereocenters. The van der Waals surface area contributed by atoms with Crippen LogP contribution >= 0.6 is 0 Å². The molecule has 0 aliphatic carbocycles. The van der Waals surface area contributed by atoms with Crippen molar-refractivity contribution in [2.75, 3.05) is 18.7 Å². The van der Waals surface area contributed by atoms with E-state index < -0.39 is 0 Å². The van der Waals surface area contributed by atoms with E-state index in [4.69, 9.17) is 9.47 Å². The van der Waals surface area contributed by atoms with Crippen molar-refractivity contribution in [2.24, 2.45) is 0 Å². The Morgan fingerprint density at radius 3 is 2.39 bits per heavy atom. The van der Waals surface area contributed by atoms with Crippen molar-refractivity contribution in [3.8, 4) is 28.4 Å². The van der Waals surface area contributed by atoms with Gasteiger partial charge in [0.1, 0.15) is 6.54 Å². The van der Waals surface area contributed by atoms with Crippen molar-refractivity contribution in [1.82, 2.24) is 14.5 Å². The molecule has 0 radical (unpaired) electrons. The molecule has 0 bridgehead atoms. The van der Waals surface area contributed by atoms with Crippen LogP contribution in [0.25, 0.3) is 16.9 Å². The van der Waals surface area contributed by atoms with Gasteiger partial charge in [0.2, 0.25) is 18.6 Å². The first-order valence-corrected chi connectivity index (χ1v) is 11.7. The molecule has 0 fully saturated rings. The zero-order chi connectivity index (χ0) is 25.1. The minimum absolute atomic E-state index is 0.127. The number of para-hydroxylation sites is 1. The molecule has 8 heteroatoms. The van der Waals surface area contributed by atoms with Crippen molar-refractivity contribution in [1.29, 1.82) is 0 Å². The normalized spacial score (nSPS) is 12.0. The van der Waals surface area contributed by atoms with E-state index in [0.717, 1.165) is 16.9 Å². The molecular weight excluding hydrogens is 456 g/mol. The minimum atomic E-state index is -0.347. The average molecular weight is 483 g/mol. The molecule has 3 aromatic carbocycles. The van der Waals surface area contributed by atoms with E-state index >= 15 is 0 Å². The number of carbonyl (C=O) groups excluding carboxylic acids is 2. The topological polar surface area (TPSA) is 85.7 Å². The van der Waals surface area contributed by atoms with Gasteiger partial charge in [0, 0.05) is 29.1 Å². The van der Waals surface area contributed by atoms with E-state index in [2.05, 4.69) is 10.3 Å². The summed E-state index contributed by atoms with van der Waals surface area (Å²) in [6.07, 6.45) is 1.89. The number of hydrogen-bond acceptors (Lipinski definition) is 5. The average Bonchev–Trinajstić information content (AvgIpc) is 3.54. The molecule has 0 spiro atoms. The SMILES string of the molecule is CC(C)N(CC(=O)Nc1nc(-c2ccccc2)cn1-c1ccccc1)C(=O)c1ccc2c(c1)OCO2. The lowest BCUT2D eigenvalue weighted by Crippen LogP contribution is -2.42. The number of hydrogen-bond donors (Lipinski definition) is 1. The summed E-state index contributed by atoms with van der Waals surface area (Å²) in [6.45, 7) is 3.74. The van der Waals surface area contributed by atoms with Gasteiger partial charge in [0.25, 0.3) is 5.91 Å². The zero-order valence-corrected chi connectivity index (χ0v) is 20.0. The molecule has 36 heavy (non-hydrogen) atoms. The monoisotopic (exact) mass is 482 g/mol. The predicted molar refractivity (Wildman–Crippen MR) is 136 cm³/mol. The number of rotatable bonds is 7. The summed E-state index contributed by atoms with van der Waals surface area (Å²) in [5.41, 5.74) is 2.95. The lowest BCUT2D eigenvalue weighted by atomic mass is 10.1. The van der Waals surface area contributed by atoms with Crippen LogP contribution < -0.4 is 14.8 Å². The standard InChI is InChI=1S/C28H26N4O4/c1-19(2)31(27(34)21-13-14-24-25(15-21)36-18-35-24)17-26(33)30-28-29-23(20-9-5-3-6-10-20)16-32(28)22-11-7-4-8-12-22/h3-16,19H,17-18H2,1-2H3,(H,29,30,33). The molecular formula is C28H26N4O4. The van der Waals surface area contributed by atoms with E-state index in [0.29, 0.717) is 23.0 Å².